The largest absolute Gasteiger partial charge is 0.504 e. The van der Waals surface area contributed by atoms with E-state index in [0.29, 0.717) is 25.0 Å². The zero-order chi connectivity index (χ0) is 12.8. The molecule has 1 N–H and O–H groups in total. The maximum atomic E-state index is 11.5. The number of benzene rings is 1. The van der Waals surface area contributed by atoms with E-state index in [1.54, 1.807) is 12.1 Å². The quantitative estimate of drug-likeness (QED) is 0.770. The molecule has 0 unspecified atom stereocenters. The number of phenols is 1. The Morgan fingerprint density at radius 3 is 2.71 bits per heavy atom. The number of hydrogen-bond donors (Lipinski definition) is 1. The predicted octanol–water partition coefficient (Wildman–Crippen LogP) is 2.87. The summed E-state index contributed by atoms with van der Waals surface area (Å²) in [4.78, 5) is 11.5. The predicted molar refractivity (Wildman–Crippen MR) is 67.4 cm³/mol. The molecular weight excluding hydrogens is 216 g/mol. The van der Waals surface area contributed by atoms with E-state index in [0.717, 1.165) is 11.1 Å². The summed E-state index contributed by atoms with van der Waals surface area (Å²) in [6.45, 7) is 5.55. The van der Waals surface area contributed by atoms with Crippen LogP contribution in [0.2, 0.25) is 0 Å². The Morgan fingerprint density at radius 1 is 1.47 bits per heavy atom. The first-order valence-electron chi connectivity index (χ1n) is 5.55. The first-order chi connectivity index (χ1) is 8.02. The minimum absolute atomic E-state index is 0.109. The molecule has 17 heavy (non-hydrogen) atoms. The molecule has 0 saturated carbocycles. The zero-order valence-electron chi connectivity index (χ0n) is 10.3. The number of methoxy groups -OCH3 is 1. The number of carbonyl (C=O) groups is 1. The molecule has 0 aromatic heterocycles. The molecular formula is C14H18O3. The van der Waals surface area contributed by atoms with Crippen LogP contribution in [0.3, 0.4) is 0 Å². The molecule has 0 aliphatic rings. The van der Waals surface area contributed by atoms with Gasteiger partial charge in [0.25, 0.3) is 0 Å². The molecule has 0 spiro atoms. The van der Waals surface area contributed by atoms with Crippen molar-refractivity contribution in [2.24, 2.45) is 0 Å². The molecule has 3 nitrogen and oxygen atoms in total. The molecule has 0 radical (unpaired) electrons. The Labute approximate surface area is 102 Å². The smallest absolute Gasteiger partial charge is 0.160 e. The van der Waals surface area contributed by atoms with Crippen LogP contribution in [0.15, 0.2) is 30.4 Å². The number of ether oxygens (including phenoxy) is 1. The molecule has 1 aromatic rings. The van der Waals surface area contributed by atoms with E-state index in [-0.39, 0.29) is 11.5 Å². The van der Waals surface area contributed by atoms with Crippen molar-refractivity contribution in [3.05, 3.63) is 35.9 Å². The fraction of sp³-hybridized carbons (Fsp3) is 0.357. The van der Waals surface area contributed by atoms with Gasteiger partial charge in [-0.25, -0.2) is 0 Å². The molecule has 0 aliphatic heterocycles. The number of rotatable bonds is 6. The van der Waals surface area contributed by atoms with Crippen LogP contribution < -0.4 is 4.74 Å². The van der Waals surface area contributed by atoms with Crippen LogP contribution in [0.25, 0.3) is 0 Å². The number of hydrogen-bond acceptors (Lipinski definition) is 3. The Balaban J connectivity index is 2.55. The van der Waals surface area contributed by atoms with Crippen molar-refractivity contribution < 1.29 is 14.6 Å². The lowest BCUT2D eigenvalue weighted by Crippen LogP contribution is -2.00. The maximum absolute atomic E-state index is 11.5. The summed E-state index contributed by atoms with van der Waals surface area (Å²) < 4.78 is 4.95. The molecule has 1 aromatic carbocycles. The lowest BCUT2D eigenvalue weighted by Gasteiger charge is -2.06. The van der Waals surface area contributed by atoms with Crippen LogP contribution in [-0.4, -0.2) is 18.0 Å². The standard InChI is InChI=1S/C14H18O3/c1-10(2)8-12(15)6-4-11-5-7-14(17-3)13(16)9-11/h5,7,9,16H,1,4,6,8H2,2-3H3. The number of aryl methyl sites for hydroxylation is 1. The third kappa shape index (κ3) is 4.31. The second-order valence-electron chi connectivity index (χ2n) is 4.18. The Hall–Kier alpha value is -1.77. The van der Waals surface area contributed by atoms with Gasteiger partial charge in [0.2, 0.25) is 0 Å². The molecule has 3 heteroatoms. The van der Waals surface area contributed by atoms with Gasteiger partial charge in [-0.15, -0.1) is 0 Å². The second kappa shape index (κ2) is 6.09. The normalized spacial score (nSPS) is 10.0. The third-order valence-corrected chi connectivity index (χ3v) is 2.43. The van der Waals surface area contributed by atoms with Gasteiger partial charge >= 0.3 is 0 Å². The summed E-state index contributed by atoms with van der Waals surface area (Å²) in [5.74, 6) is 0.729. The van der Waals surface area contributed by atoms with Gasteiger partial charge in [0.15, 0.2) is 11.5 Å². The zero-order valence-corrected chi connectivity index (χ0v) is 10.3. The summed E-state index contributed by atoms with van der Waals surface area (Å²) in [5, 5.41) is 9.58. The van der Waals surface area contributed by atoms with E-state index in [4.69, 9.17) is 4.74 Å². The van der Waals surface area contributed by atoms with Crippen molar-refractivity contribution in [1.29, 1.82) is 0 Å². The van der Waals surface area contributed by atoms with Crippen LogP contribution in [0.4, 0.5) is 0 Å². The van der Waals surface area contributed by atoms with Crippen LogP contribution >= 0.6 is 0 Å². The summed E-state index contributed by atoms with van der Waals surface area (Å²) in [6, 6.07) is 5.19. The third-order valence-electron chi connectivity index (χ3n) is 2.43. The molecule has 92 valence electrons. The molecule has 0 atom stereocenters. The summed E-state index contributed by atoms with van der Waals surface area (Å²) >= 11 is 0. The highest BCUT2D eigenvalue weighted by Crippen LogP contribution is 2.26. The van der Waals surface area contributed by atoms with Crippen molar-refractivity contribution in [3.63, 3.8) is 0 Å². The highest BCUT2D eigenvalue weighted by atomic mass is 16.5. The first kappa shape index (κ1) is 13.3. The van der Waals surface area contributed by atoms with Crippen molar-refractivity contribution in [2.45, 2.75) is 26.2 Å². The van der Waals surface area contributed by atoms with E-state index in [1.165, 1.54) is 7.11 Å². The number of aromatic hydroxyl groups is 1. The molecule has 0 fully saturated rings. The number of Topliss-reactive ketones (excluding diaryl/α,β-unsaturated/α-hetero) is 1. The molecule has 0 bridgehead atoms. The number of carbonyl (C=O) groups excluding carboxylic acids is 1. The van der Waals surface area contributed by atoms with Gasteiger partial charge in [-0.3, -0.25) is 4.79 Å². The second-order valence-corrected chi connectivity index (χ2v) is 4.18. The van der Waals surface area contributed by atoms with Crippen LogP contribution in [-0.2, 0) is 11.2 Å². The van der Waals surface area contributed by atoms with Gasteiger partial charge in [0.1, 0.15) is 5.78 Å². The van der Waals surface area contributed by atoms with Gasteiger partial charge < -0.3 is 9.84 Å². The first-order valence-corrected chi connectivity index (χ1v) is 5.55. The van der Waals surface area contributed by atoms with Gasteiger partial charge in [0.05, 0.1) is 7.11 Å². The van der Waals surface area contributed by atoms with E-state index >= 15 is 0 Å². The van der Waals surface area contributed by atoms with Crippen LogP contribution in [0.5, 0.6) is 11.5 Å². The van der Waals surface area contributed by atoms with Crippen molar-refractivity contribution in [2.75, 3.05) is 7.11 Å². The molecule has 0 aliphatic carbocycles. The number of ketones is 1. The number of allylic oxidation sites excluding steroid dienone is 1. The Morgan fingerprint density at radius 2 is 2.18 bits per heavy atom. The van der Waals surface area contributed by atoms with Gasteiger partial charge in [-0.1, -0.05) is 18.2 Å². The average Bonchev–Trinajstić information content (AvgIpc) is 2.25. The molecule has 0 amide bonds. The maximum Gasteiger partial charge on any atom is 0.160 e. The fourth-order valence-corrected chi connectivity index (χ4v) is 1.60. The highest BCUT2D eigenvalue weighted by molar-refractivity contribution is 5.80. The van der Waals surface area contributed by atoms with Crippen molar-refractivity contribution in [3.8, 4) is 11.5 Å². The van der Waals surface area contributed by atoms with Gasteiger partial charge in [-0.05, 0) is 31.0 Å². The minimum Gasteiger partial charge on any atom is -0.504 e. The SMILES string of the molecule is C=C(C)CC(=O)CCc1ccc(OC)c(O)c1. The minimum atomic E-state index is 0.109. The average molecular weight is 234 g/mol. The Bertz CT molecular complexity index is 421. The van der Waals surface area contributed by atoms with Crippen molar-refractivity contribution in [1.82, 2.24) is 0 Å². The van der Waals surface area contributed by atoms with Crippen LogP contribution in [0.1, 0.15) is 25.3 Å². The van der Waals surface area contributed by atoms with Gasteiger partial charge in [-0.2, -0.15) is 0 Å². The summed E-state index contributed by atoms with van der Waals surface area (Å²) in [7, 11) is 1.51. The molecule has 1 rings (SSSR count). The molecule has 0 saturated heterocycles. The summed E-state index contributed by atoms with van der Waals surface area (Å²) in [5.41, 5.74) is 1.81. The summed E-state index contributed by atoms with van der Waals surface area (Å²) in [6.07, 6.45) is 1.53. The van der Waals surface area contributed by atoms with E-state index in [1.807, 2.05) is 13.0 Å². The lowest BCUT2D eigenvalue weighted by molar-refractivity contribution is -0.118. The highest BCUT2D eigenvalue weighted by Gasteiger charge is 2.06. The monoisotopic (exact) mass is 234 g/mol. The Kier molecular flexibility index (Phi) is 4.76. The molecule has 0 heterocycles. The van der Waals surface area contributed by atoms with E-state index in [2.05, 4.69) is 6.58 Å². The lowest BCUT2D eigenvalue weighted by atomic mass is 10.0. The van der Waals surface area contributed by atoms with Gasteiger partial charge in [0, 0.05) is 12.8 Å². The van der Waals surface area contributed by atoms with Crippen molar-refractivity contribution >= 4 is 5.78 Å². The fourth-order valence-electron chi connectivity index (χ4n) is 1.60. The van der Waals surface area contributed by atoms with E-state index in [9.17, 15) is 9.90 Å². The van der Waals surface area contributed by atoms with Crippen LogP contribution in [0, 0.1) is 0 Å². The van der Waals surface area contributed by atoms with E-state index < -0.39 is 0 Å². The topological polar surface area (TPSA) is 46.5 Å². The number of phenolic OH excluding ortho intramolecular Hbond substituents is 1.